The van der Waals surface area contributed by atoms with Crippen LogP contribution in [0.4, 0.5) is 0 Å². The molecule has 2 aromatic heterocycles. The van der Waals surface area contributed by atoms with E-state index in [9.17, 15) is 0 Å². The van der Waals surface area contributed by atoms with Crippen molar-refractivity contribution < 1.29 is 4.52 Å². The molecule has 0 aliphatic carbocycles. The largest absolute Gasteiger partial charge is 0.335 e. The van der Waals surface area contributed by atoms with Crippen LogP contribution >= 0.6 is 0 Å². The van der Waals surface area contributed by atoms with E-state index in [-0.39, 0.29) is 0 Å². The molecule has 0 saturated carbocycles. The van der Waals surface area contributed by atoms with Gasteiger partial charge in [-0.3, -0.25) is 4.68 Å². The molecule has 0 aliphatic rings. The first kappa shape index (κ1) is 7.02. The maximum absolute atomic E-state index is 4.85. The first-order chi connectivity index (χ1) is 5.77. The third-order valence-electron chi connectivity index (χ3n) is 1.73. The SMILES string of the molecule is Cc1cc(-c2cnno2)nn1C. The highest BCUT2D eigenvalue weighted by atomic mass is 16.5. The van der Waals surface area contributed by atoms with Gasteiger partial charge in [0.1, 0.15) is 11.9 Å². The van der Waals surface area contributed by atoms with Gasteiger partial charge in [-0.05, 0) is 13.0 Å². The van der Waals surface area contributed by atoms with E-state index >= 15 is 0 Å². The van der Waals surface area contributed by atoms with Crippen molar-refractivity contribution in [3.63, 3.8) is 0 Å². The smallest absolute Gasteiger partial charge is 0.207 e. The first-order valence-electron chi connectivity index (χ1n) is 3.56. The van der Waals surface area contributed by atoms with Crippen LogP contribution in [0.3, 0.4) is 0 Å². The van der Waals surface area contributed by atoms with E-state index < -0.39 is 0 Å². The number of aromatic nitrogens is 4. The lowest BCUT2D eigenvalue weighted by Gasteiger charge is -1.88. The van der Waals surface area contributed by atoms with Crippen LogP contribution in [0.2, 0.25) is 0 Å². The zero-order chi connectivity index (χ0) is 8.55. The van der Waals surface area contributed by atoms with Gasteiger partial charge in [0.05, 0.1) is 0 Å². The molecular formula is C7H8N4O. The molecule has 0 atom stereocenters. The van der Waals surface area contributed by atoms with Crippen LogP contribution in [0.25, 0.3) is 11.5 Å². The van der Waals surface area contributed by atoms with Gasteiger partial charge in [0, 0.05) is 18.0 Å². The van der Waals surface area contributed by atoms with Crippen LogP contribution < -0.4 is 0 Å². The van der Waals surface area contributed by atoms with Crippen molar-refractivity contribution in [2.45, 2.75) is 6.92 Å². The second-order valence-corrected chi connectivity index (χ2v) is 2.58. The van der Waals surface area contributed by atoms with Crippen LogP contribution in [0, 0.1) is 6.92 Å². The molecule has 0 saturated heterocycles. The predicted molar refractivity (Wildman–Crippen MR) is 41.2 cm³/mol. The molecule has 0 aliphatic heterocycles. The molecule has 0 amide bonds. The van der Waals surface area contributed by atoms with E-state index in [1.165, 1.54) is 0 Å². The Bertz CT molecular complexity index is 357. The fraction of sp³-hybridized carbons (Fsp3) is 0.286. The minimum Gasteiger partial charge on any atom is -0.335 e. The molecule has 0 spiro atoms. The summed E-state index contributed by atoms with van der Waals surface area (Å²) >= 11 is 0. The van der Waals surface area contributed by atoms with E-state index in [2.05, 4.69) is 15.5 Å². The van der Waals surface area contributed by atoms with Gasteiger partial charge < -0.3 is 4.52 Å². The molecule has 2 aromatic rings. The van der Waals surface area contributed by atoms with Crippen LogP contribution in [-0.4, -0.2) is 20.2 Å². The second kappa shape index (κ2) is 2.44. The van der Waals surface area contributed by atoms with Gasteiger partial charge in [-0.2, -0.15) is 5.10 Å². The third kappa shape index (κ3) is 0.990. The monoisotopic (exact) mass is 164 g/mol. The quantitative estimate of drug-likeness (QED) is 0.624. The van der Waals surface area contributed by atoms with Crippen molar-refractivity contribution >= 4 is 0 Å². The molecule has 0 bridgehead atoms. The van der Waals surface area contributed by atoms with E-state index in [1.807, 2.05) is 20.0 Å². The van der Waals surface area contributed by atoms with E-state index in [4.69, 9.17) is 4.52 Å². The molecule has 2 heterocycles. The van der Waals surface area contributed by atoms with Crippen LogP contribution in [0.5, 0.6) is 0 Å². The van der Waals surface area contributed by atoms with Gasteiger partial charge >= 0.3 is 0 Å². The maximum Gasteiger partial charge on any atom is 0.207 e. The van der Waals surface area contributed by atoms with Gasteiger partial charge in [-0.15, -0.1) is 5.10 Å². The lowest BCUT2D eigenvalue weighted by Crippen LogP contribution is -1.91. The Balaban J connectivity index is 2.48. The molecule has 5 heteroatoms. The van der Waals surface area contributed by atoms with E-state index in [0.29, 0.717) is 5.76 Å². The fourth-order valence-electron chi connectivity index (χ4n) is 0.961. The number of hydrogen-bond donors (Lipinski definition) is 0. The average Bonchev–Trinajstić information content (AvgIpc) is 2.61. The molecule has 2 rings (SSSR count). The van der Waals surface area contributed by atoms with E-state index in [0.717, 1.165) is 11.4 Å². The van der Waals surface area contributed by atoms with E-state index in [1.54, 1.807) is 10.9 Å². The zero-order valence-corrected chi connectivity index (χ0v) is 6.85. The molecule has 0 fully saturated rings. The number of rotatable bonds is 1. The summed E-state index contributed by atoms with van der Waals surface area (Å²) in [6.07, 6.45) is 1.54. The minimum absolute atomic E-state index is 0.596. The van der Waals surface area contributed by atoms with Gasteiger partial charge in [0.25, 0.3) is 0 Å². The van der Waals surface area contributed by atoms with Crippen molar-refractivity contribution in [2.24, 2.45) is 7.05 Å². The van der Waals surface area contributed by atoms with Crippen LogP contribution in [0.1, 0.15) is 5.69 Å². The Morgan fingerprint density at radius 3 is 2.83 bits per heavy atom. The molecule has 0 N–H and O–H groups in total. The molecule has 0 radical (unpaired) electrons. The Kier molecular flexibility index (Phi) is 1.43. The summed E-state index contributed by atoms with van der Waals surface area (Å²) in [6, 6.07) is 1.92. The Morgan fingerprint density at radius 1 is 1.50 bits per heavy atom. The summed E-state index contributed by atoms with van der Waals surface area (Å²) in [5.74, 6) is 0.596. The molecule has 12 heavy (non-hydrogen) atoms. The zero-order valence-electron chi connectivity index (χ0n) is 6.85. The van der Waals surface area contributed by atoms with Crippen molar-refractivity contribution in [1.82, 2.24) is 20.2 Å². The highest BCUT2D eigenvalue weighted by Crippen LogP contribution is 2.15. The fourth-order valence-corrected chi connectivity index (χ4v) is 0.961. The number of aryl methyl sites for hydroxylation is 2. The standard InChI is InChI=1S/C7H8N4O/c1-5-3-6(9-11(5)2)7-4-8-10-12-7/h3-4H,1-2H3. The summed E-state index contributed by atoms with van der Waals surface area (Å²) in [4.78, 5) is 0. The van der Waals surface area contributed by atoms with Gasteiger partial charge in [0.2, 0.25) is 5.76 Å². The predicted octanol–water partition coefficient (Wildman–Crippen LogP) is 0.779. The molecule has 0 unspecified atom stereocenters. The van der Waals surface area contributed by atoms with Crippen molar-refractivity contribution in [2.75, 3.05) is 0 Å². The Labute approximate surface area is 69.0 Å². The minimum atomic E-state index is 0.596. The Hall–Kier alpha value is -1.65. The highest BCUT2D eigenvalue weighted by Gasteiger charge is 2.07. The Morgan fingerprint density at radius 2 is 2.33 bits per heavy atom. The molecule has 62 valence electrons. The van der Waals surface area contributed by atoms with Gasteiger partial charge in [-0.25, -0.2) is 0 Å². The lowest BCUT2D eigenvalue weighted by molar-refractivity contribution is 0.402. The average molecular weight is 164 g/mol. The normalized spacial score (nSPS) is 10.5. The molecular weight excluding hydrogens is 156 g/mol. The third-order valence-corrected chi connectivity index (χ3v) is 1.73. The highest BCUT2D eigenvalue weighted by molar-refractivity contribution is 5.49. The maximum atomic E-state index is 4.85. The lowest BCUT2D eigenvalue weighted by atomic mass is 10.3. The summed E-state index contributed by atoms with van der Waals surface area (Å²) in [5.41, 5.74) is 1.83. The number of nitrogens with zero attached hydrogens (tertiary/aromatic N) is 4. The summed E-state index contributed by atoms with van der Waals surface area (Å²) in [7, 11) is 1.88. The summed E-state index contributed by atoms with van der Waals surface area (Å²) < 4.78 is 6.63. The molecule has 0 aromatic carbocycles. The van der Waals surface area contributed by atoms with Gasteiger partial charge in [-0.1, -0.05) is 0 Å². The number of hydrogen-bond acceptors (Lipinski definition) is 4. The van der Waals surface area contributed by atoms with Crippen molar-refractivity contribution in [3.8, 4) is 11.5 Å². The van der Waals surface area contributed by atoms with Crippen molar-refractivity contribution in [1.29, 1.82) is 0 Å². The van der Waals surface area contributed by atoms with Gasteiger partial charge in [0.15, 0.2) is 0 Å². The first-order valence-corrected chi connectivity index (χ1v) is 3.56. The van der Waals surface area contributed by atoms with Crippen LogP contribution in [-0.2, 0) is 7.05 Å². The summed E-state index contributed by atoms with van der Waals surface area (Å²) in [5, 5.41) is 11.1. The topological polar surface area (TPSA) is 56.7 Å². The second-order valence-electron chi connectivity index (χ2n) is 2.58. The van der Waals surface area contributed by atoms with Crippen LogP contribution in [0.15, 0.2) is 16.8 Å². The molecule has 5 nitrogen and oxygen atoms in total. The van der Waals surface area contributed by atoms with Crippen molar-refractivity contribution in [3.05, 3.63) is 18.0 Å². The summed E-state index contributed by atoms with van der Waals surface area (Å²) in [6.45, 7) is 1.97.